The molecule has 1 amide bonds. The van der Waals surface area contributed by atoms with Crippen LogP contribution in [0.15, 0.2) is 45.3 Å². The number of rotatable bonds is 7. The van der Waals surface area contributed by atoms with E-state index in [1.54, 1.807) is 13.0 Å². The average Bonchev–Trinajstić information content (AvgIpc) is 3.36. The van der Waals surface area contributed by atoms with Gasteiger partial charge in [0, 0.05) is 12.1 Å². The Balaban J connectivity index is 1.47. The molecule has 7 nitrogen and oxygen atoms in total. The summed E-state index contributed by atoms with van der Waals surface area (Å²) in [6.45, 7) is 1.79. The van der Waals surface area contributed by atoms with Crippen LogP contribution in [0.5, 0.6) is 0 Å². The van der Waals surface area contributed by atoms with Crippen LogP contribution in [0.1, 0.15) is 48.7 Å². The number of hydrogen-bond acceptors (Lipinski definition) is 8. The Morgan fingerprint density at radius 1 is 1.21 bits per heavy atom. The third-order valence-corrected chi connectivity index (χ3v) is 6.97. The van der Waals surface area contributed by atoms with E-state index in [2.05, 4.69) is 26.0 Å². The molecule has 29 heavy (non-hydrogen) atoms. The third-order valence-electron chi connectivity index (χ3n) is 4.78. The molecule has 9 heteroatoms. The molecule has 1 fully saturated rings. The molecule has 3 aromatic rings. The zero-order chi connectivity index (χ0) is 20.1. The maximum atomic E-state index is 13.0. The zero-order valence-corrected chi connectivity index (χ0v) is 17.8. The summed E-state index contributed by atoms with van der Waals surface area (Å²) in [5.41, 5.74) is 0.896. The number of aryl methyl sites for hydroxylation is 1. The number of hydrogen-bond donors (Lipinski definition) is 2. The first-order chi connectivity index (χ1) is 14.2. The second kappa shape index (κ2) is 9.41. The van der Waals surface area contributed by atoms with Gasteiger partial charge < -0.3 is 15.2 Å². The number of carbonyl (C=O) groups excluding carboxylic acids is 1. The Bertz CT molecular complexity index is 937. The molecule has 0 aliphatic heterocycles. The van der Waals surface area contributed by atoms with E-state index in [1.807, 2.05) is 30.3 Å². The van der Waals surface area contributed by atoms with E-state index in [-0.39, 0.29) is 5.91 Å². The molecule has 1 aliphatic carbocycles. The van der Waals surface area contributed by atoms with Crippen molar-refractivity contribution in [2.24, 2.45) is 0 Å². The zero-order valence-electron chi connectivity index (χ0n) is 16.1. The minimum atomic E-state index is -0.469. The first-order valence-electron chi connectivity index (χ1n) is 9.73. The smallest absolute Gasteiger partial charge is 0.243 e. The predicted molar refractivity (Wildman–Crippen MR) is 115 cm³/mol. The fraction of sp³-hybridized carbons (Fsp3) is 0.400. The van der Waals surface area contributed by atoms with Crippen LogP contribution in [0.3, 0.4) is 0 Å². The monoisotopic (exact) mass is 429 g/mol. The first-order valence-corrected chi connectivity index (χ1v) is 11.4. The minimum absolute atomic E-state index is 0.175. The van der Waals surface area contributed by atoms with E-state index in [9.17, 15) is 4.79 Å². The van der Waals surface area contributed by atoms with Crippen LogP contribution in [-0.2, 0) is 4.79 Å². The molecule has 1 atom stereocenters. The van der Waals surface area contributed by atoms with Crippen LogP contribution < -0.4 is 10.6 Å². The fourth-order valence-corrected chi connectivity index (χ4v) is 5.38. The van der Waals surface area contributed by atoms with Gasteiger partial charge in [0.05, 0.1) is 0 Å². The van der Waals surface area contributed by atoms with Gasteiger partial charge in [0.1, 0.15) is 11.0 Å². The lowest BCUT2D eigenvalue weighted by Crippen LogP contribution is -2.21. The van der Waals surface area contributed by atoms with Gasteiger partial charge in [-0.1, -0.05) is 77.8 Å². The summed E-state index contributed by atoms with van der Waals surface area (Å²) >= 11 is 2.89. The number of nitrogens with one attached hydrogen (secondary N) is 2. The highest BCUT2D eigenvalue weighted by atomic mass is 32.2. The molecule has 0 saturated heterocycles. The van der Waals surface area contributed by atoms with E-state index in [0.717, 1.165) is 15.0 Å². The number of aromatic nitrogens is 3. The normalized spacial score (nSPS) is 15.8. The summed E-state index contributed by atoms with van der Waals surface area (Å²) in [5, 5.41) is 19.1. The molecule has 4 rings (SSSR count). The van der Waals surface area contributed by atoms with Gasteiger partial charge in [-0.15, -0.1) is 10.2 Å². The van der Waals surface area contributed by atoms with Crippen molar-refractivity contribution in [3.8, 4) is 0 Å². The van der Waals surface area contributed by atoms with Gasteiger partial charge in [-0.25, -0.2) is 0 Å². The molecule has 0 radical (unpaired) electrons. The number of benzene rings is 1. The third kappa shape index (κ3) is 5.36. The van der Waals surface area contributed by atoms with E-state index >= 15 is 0 Å². The maximum Gasteiger partial charge on any atom is 0.243 e. The molecule has 2 heterocycles. The molecular weight excluding hydrogens is 406 g/mol. The highest BCUT2D eigenvalue weighted by molar-refractivity contribution is 8.02. The summed E-state index contributed by atoms with van der Waals surface area (Å²) in [6.07, 6.45) is 6.18. The largest absolute Gasteiger partial charge is 0.360 e. The second-order valence-electron chi connectivity index (χ2n) is 7.07. The standard InChI is InChI=1S/C20H23N5O2S2/c1-13-12-16(25-27-13)22-18(26)17(14-8-4-2-5-9-14)28-20-24-23-19(29-20)21-15-10-6-3-7-11-15/h2,4-5,8-9,12,15,17H,3,6-7,10-11H2,1H3,(H,21,23)(H,22,25,26). The molecule has 0 spiro atoms. The Hall–Kier alpha value is -2.39. The average molecular weight is 430 g/mol. The number of amides is 1. The lowest BCUT2D eigenvalue weighted by Gasteiger charge is -2.21. The van der Waals surface area contributed by atoms with Gasteiger partial charge in [-0.3, -0.25) is 4.79 Å². The Labute approximate surface area is 177 Å². The van der Waals surface area contributed by atoms with Crippen molar-refractivity contribution in [2.75, 3.05) is 10.6 Å². The number of thioether (sulfide) groups is 1. The van der Waals surface area contributed by atoms with E-state index in [0.29, 0.717) is 17.6 Å². The Morgan fingerprint density at radius 3 is 2.72 bits per heavy atom. The van der Waals surface area contributed by atoms with Crippen LogP contribution in [0.25, 0.3) is 0 Å². The highest BCUT2D eigenvalue weighted by Gasteiger charge is 2.25. The molecule has 152 valence electrons. The van der Waals surface area contributed by atoms with Gasteiger partial charge in [-0.05, 0) is 25.3 Å². The SMILES string of the molecule is Cc1cc(NC(=O)C(Sc2nnc(NC3CCCCC3)s2)c2ccccc2)no1. The van der Waals surface area contributed by atoms with Crippen molar-refractivity contribution in [3.63, 3.8) is 0 Å². The maximum absolute atomic E-state index is 13.0. The summed E-state index contributed by atoms with van der Waals surface area (Å²) in [7, 11) is 0. The molecule has 1 saturated carbocycles. The summed E-state index contributed by atoms with van der Waals surface area (Å²) in [6, 6.07) is 11.8. The van der Waals surface area contributed by atoms with Crippen LogP contribution in [0.4, 0.5) is 10.9 Å². The molecule has 0 bridgehead atoms. The summed E-state index contributed by atoms with van der Waals surface area (Å²) in [5.74, 6) is 0.879. The topological polar surface area (TPSA) is 92.9 Å². The quantitative estimate of drug-likeness (QED) is 0.508. The van der Waals surface area contributed by atoms with Crippen LogP contribution in [0.2, 0.25) is 0 Å². The highest BCUT2D eigenvalue weighted by Crippen LogP contribution is 2.39. The fourth-order valence-electron chi connectivity index (χ4n) is 3.36. The number of anilines is 2. The van der Waals surface area contributed by atoms with Crippen LogP contribution in [-0.4, -0.2) is 27.3 Å². The van der Waals surface area contributed by atoms with Crippen molar-refractivity contribution in [2.45, 2.75) is 54.7 Å². The van der Waals surface area contributed by atoms with Gasteiger partial charge in [0.2, 0.25) is 11.0 Å². The van der Waals surface area contributed by atoms with Gasteiger partial charge in [-0.2, -0.15) is 0 Å². The first kappa shape index (κ1) is 19.9. The molecule has 1 aliphatic rings. The summed E-state index contributed by atoms with van der Waals surface area (Å²) in [4.78, 5) is 13.0. The van der Waals surface area contributed by atoms with Crippen molar-refractivity contribution >= 4 is 40.0 Å². The number of carbonyl (C=O) groups is 1. The van der Waals surface area contributed by atoms with E-state index in [4.69, 9.17) is 4.52 Å². The molecule has 2 N–H and O–H groups in total. The van der Waals surface area contributed by atoms with Crippen LogP contribution >= 0.6 is 23.1 Å². The Morgan fingerprint density at radius 2 is 2.00 bits per heavy atom. The molecule has 1 aromatic carbocycles. The molecule has 1 unspecified atom stereocenters. The minimum Gasteiger partial charge on any atom is -0.360 e. The Kier molecular flexibility index (Phi) is 6.46. The van der Waals surface area contributed by atoms with Gasteiger partial charge in [0.15, 0.2) is 10.2 Å². The lowest BCUT2D eigenvalue weighted by atomic mass is 9.96. The van der Waals surface area contributed by atoms with Crippen molar-refractivity contribution in [1.29, 1.82) is 0 Å². The van der Waals surface area contributed by atoms with E-state index in [1.165, 1.54) is 55.2 Å². The predicted octanol–water partition coefficient (Wildman–Crippen LogP) is 5.05. The number of nitrogens with zero attached hydrogens (tertiary/aromatic N) is 3. The van der Waals surface area contributed by atoms with Gasteiger partial charge in [0.25, 0.3) is 0 Å². The van der Waals surface area contributed by atoms with Crippen molar-refractivity contribution < 1.29 is 9.32 Å². The second-order valence-corrected chi connectivity index (χ2v) is 9.40. The molecular formula is C20H23N5O2S2. The van der Waals surface area contributed by atoms with Gasteiger partial charge >= 0.3 is 0 Å². The van der Waals surface area contributed by atoms with Crippen molar-refractivity contribution in [3.05, 3.63) is 47.7 Å². The van der Waals surface area contributed by atoms with E-state index < -0.39 is 5.25 Å². The lowest BCUT2D eigenvalue weighted by molar-refractivity contribution is -0.115. The summed E-state index contributed by atoms with van der Waals surface area (Å²) < 4.78 is 5.80. The van der Waals surface area contributed by atoms with Crippen molar-refractivity contribution in [1.82, 2.24) is 15.4 Å². The van der Waals surface area contributed by atoms with Crippen LogP contribution in [0, 0.1) is 6.92 Å². The molecule has 2 aromatic heterocycles.